The highest BCUT2D eigenvalue weighted by Gasteiger charge is 2.21. The highest BCUT2D eigenvalue weighted by molar-refractivity contribution is 7.60. The van der Waals surface area contributed by atoms with Gasteiger partial charge in [-0.05, 0) is 48.9 Å². The van der Waals surface area contributed by atoms with Crippen molar-refractivity contribution >= 4 is 35.5 Å². The summed E-state index contributed by atoms with van der Waals surface area (Å²) in [6.07, 6.45) is 0. The van der Waals surface area contributed by atoms with Crippen molar-refractivity contribution in [2.75, 3.05) is 0 Å². The second-order valence-corrected chi connectivity index (χ2v) is 8.58. The van der Waals surface area contributed by atoms with Crippen molar-refractivity contribution in [1.82, 2.24) is 9.97 Å². The predicted octanol–water partition coefficient (Wildman–Crippen LogP) is 4.52. The number of halogens is 1. The summed E-state index contributed by atoms with van der Waals surface area (Å²) < 4.78 is 17.3. The van der Waals surface area contributed by atoms with Crippen molar-refractivity contribution < 1.29 is 19.1 Å². The number of ether oxygens (including phenoxy) is 1. The summed E-state index contributed by atoms with van der Waals surface area (Å²) in [5.74, 6) is 6.37. The van der Waals surface area contributed by atoms with E-state index in [1.165, 1.54) is 6.07 Å². The Bertz CT molecular complexity index is 1350. The topological polar surface area (TPSA) is 95.4 Å². The Kier molecular flexibility index (Phi) is 5.38. The molecule has 0 amide bonds. The van der Waals surface area contributed by atoms with Gasteiger partial charge in [-0.25, -0.2) is 0 Å². The number of imidazole rings is 1. The van der Waals surface area contributed by atoms with Crippen LogP contribution >= 0.6 is 19.2 Å². The summed E-state index contributed by atoms with van der Waals surface area (Å²) in [5.41, 5.74) is 3.25. The fraction of sp³-hybridized carbons (Fsp3) is 0.0455. The molecule has 150 valence electrons. The van der Waals surface area contributed by atoms with Crippen LogP contribution in [0.15, 0.2) is 60.7 Å². The van der Waals surface area contributed by atoms with E-state index in [1.807, 2.05) is 30.3 Å². The SMILES string of the molecule is Cc1ccc(Oc2nc3cc(C#Cc4ccccc4)c(Cl)cc3[nH]2)cc1P(=O)(O)O. The Labute approximate surface area is 177 Å². The molecule has 3 aromatic carbocycles. The van der Waals surface area contributed by atoms with Gasteiger partial charge in [0.05, 0.1) is 21.4 Å². The molecule has 0 radical (unpaired) electrons. The maximum Gasteiger partial charge on any atom is 0.356 e. The van der Waals surface area contributed by atoms with Gasteiger partial charge in [0, 0.05) is 11.1 Å². The van der Waals surface area contributed by atoms with Gasteiger partial charge in [0.1, 0.15) is 5.75 Å². The van der Waals surface area contributed by atoms with Crippen LogP contribution < -0.4 is 10.0 Å². The highest BCUT2D eigenvalue weighted by Crippen LogP contribution is 2.36. The molecule has 0 saturated heterocycles. The third-order valence-corrected chi connectivity index (χ3v) is 5.80. The first-order valence-electron chi connectivity index (χ1n) is 8.90. The van der Waals surface area contributed by atoms with E-state index in [9.17, 15) is 14.4 Å². The second-order valence-electron chi connectivity index (χ2n) is 6.60. The quantitative estimate of drug-likeness (QED) is 0.323. The van der Waals surface area contributed by atoms with Crippen LogP contribution in [-0.2, 0) is 4.57 Å². The molecule has 4 aromatic rings. The van der Waals surface area contributed by atoms with Crippen molar-refractivity contribution in [1.29, 1.82) is 0 Å². The molecule has 3 N–H and O–H groups in total. The first-order chi connectivity index (χ1) is 14.3. The lowest BCUT2D eigenvalue weighted by molar-refractivity contribution is 0.386. The van der Waals surface area contributed by atoms with Gasteiger partial charge in [0.15, 0.2) is 0 Å². The molecular weight excluding hydrogens is 423 g/mol. The number of fused-ring (bicyclic) bond motifs is 1. The van der Waals surface area contributed by atoms with Crippen LogP contribution in [0.2, 0.25) is 5.02 Å². The monoisotopic (exact) mass is 438 g/mol. The average Bonchev–Trinajstić information content (AvgIpc) is 3.08. The Morgan fingerprint density at radius 1 is 1.07 bits per heavy atom. The molecule has 30 heavy (non-hydrogen) atoms. The summed E-state index contributed by atoms with van der Waals surface area (Å²) in [6.45, 7) is 1.62. The minimum absolute atomic E-state index is 0.0855. The lowest BCUT2D eigenvalue weighted by atomic mass is 10.1. The standard InChI is InChI=1S/C22H16ClN2O4P/c1-14-7-10-17(12-21(14)30(26,27)28)29-22-24-19-11-16(18(23)13-20(19)25-22)9-8-15-5-3-2-4-6-15/h2-7,10-13H,1H3,(H,24,25)(H2,26,27,28). The number of hydrogen-bond acceptors (Lipinski definition) is 3. The molecule has 0 atom stereocenters. The summed E-state index contributed by atoms with van der Waals surface area (Å²) in [5, 5.41) is 0.387. The third kappa shape index (κ3) is 4.40. The van der Waals surface area contributed by atoms with Gasteiger partial charge in [-0.1, -0.05) is 47.7 Å². The van der Waals surface area contributed by atoms with E-state index in [0.717, 1.165) is 5.56 Å². The summed E-state index contributed by atoms with van der Waals surface area (Å²) in [4.78, 5) is 26.3. The molecule has 0 unspecified atom stereocenters. The lowest BCUT2D eigenvalue weighted by Crippen LogP contribution is -2.08. The first-order valence-corrected chi connectivity index (χ1v) is 10.9. The maximum absolute atomic E-state index is 11.6. The van der Waals surface area contributed by atoms with Gasteiger partial charge in [-0.2, -0.15) is 4.98 Å². The van der Waals surface area contributed by atoms with E-state index >= 15 is 0 Å². The smallest absolute Gasteiger partial charge is 0.356 e. The van der Waals surface area contributed by atoms with Crippen molar-refractivity contribution in [3.05, 3.63) is 82.4 Å². The number of aromatic nitrogens is 2. The maximum atomic E-state index is 11.6. The van der Waals surface area contributed by atoms with Crippen molar-refractivity contribution in [3.8, 4) is 23.6 Å². The fourth-order valence-corrected chi connectivity index (χ4v) is 3.93. The van der Waals surface area contributed by atoms with E-state index in [0.29, 0.717) is 27.2 Å². The normalized spacial score (nSPS) is 11.2. The molecule has 0 fully saturated rings. The predicted molar refractivity (Wildman–Crippen MR) is 116 cm³/mol. The molecule has 0 aliphatic heterocycles. The van der Waals surface area contributed by atoms with Crippen molar-refractivity contribution in [2.45, 2.75) is 6.92 Å². The van der Waals surface area contributed by atoms with Gasteiger partial charge >= 0.3 is 7.60 Å². The number of H-pyrrole nitrogens is 1. The lowest BCUT2D eigenvalue weighted by Gasteiger charge is -2.09. The minimum Gasteiger partial charge on any atom is -0.426 e. The number of aromatic amines is 1. The third-order valence-electron chi connectivity index (χ3n) is 4.37. The van der Waals surface area contributed by atoms with Gasteiger partial charge in [-0.15, -0.1) is 0 Å². The zero-order chi connectivity index (χ0) is 21.3. The summed E-state index contributed by atoms with van der Waals surface area (Å²) in [6, 6.07) is 17.7. The zero-order valence-electron chi connectivity index (χ0n) is 15.8. The number of rotatable bonds is 3. The molecule has 0 bridgehead atoms. The van der Waals surface area contributed by atoms with Gasteiger partial charge in [-0.3, -0.25) is 4.57 Å². The average molecular weight is 439 g/mol. The van der Waals surface area contributed by atoms with Crippen LogP contribution in [-0.4, -0.2) is 19.8 Å². The Morgan fingerprint density at radius 2 is 1.83 bits per heavy atom. The number of nitrogens with one attached hydrogen (secondary N) is 1. The number of benzene rings is 3. The second kappa shape index (κ2) is 7.98. The van der Waals surface area contributed by atoms with Gasteiger partial charge in [0.25, 0.3) is 6.01 Å². The van der Waals surface area contributed by atoms with Crippen LogP contribution in [0, 0.1) is 18.8 Å². The molecular formula is C22H16ClN2O4P. The van der Waals surface area contributed by atoms with Crippen LogP contribution in [0.4, 0.5) is 0 Å². The molecule has 0 spiro atoms. The molecule has 8 heteroatoms. The van der Waals surface area contributed by atoms with E-state index in [-0.39, 0.29) is 17.1 Å². The van der Waals surface area contributed by atoms with Gasteiger partial charge < -0.3 is 19.5 Å². The summed E-state index contributed by atoms with van der Waals surface area (Å²) in [7, 11) is -4.41. The molecule has 4 rings (SSSR count). The molecule has 6 nitrogen and oxygen atoms in total. The first kappa shape index (κ1) is 20.2. The van der Waals surface area contributed by atoms with Crippen LogP contribution in [0.5, 0.6) is 11.8 Å². The summed E-state index contributed by atoms with van der Waals surface area (Å²) >= 11 is 6.35. The van der Waals surface area contributed by atoms with E-state index in [4.69, 9.17) is 16.3 Å². The fourth-order valence-electron chi connectivity index (χ4n) is 2.89. The Morgan fingerprint density at radius 3 is 2.57 bits per heavy atom. The Balaban J connectivity index is 1.65. The number of hydrogen-bond donors (Lipinski definition) is 3. The molecule has 1 aromatic heterocycles. The van der Waals surface area contributed by atoms with Crippen LogP contribution in [0.3, 0.4) is 0 Å². The molecule has 0 saturated carbocycles. The van der Waals surface area contributed by atoms with Crippen LogP contribution in [0.25, 0.3) is 11.0 Å². The van der Waals surface area contributed by atoms with E-state index in [1.54, 1.807) is 31.2 Å². The number of nitrogens with zero attached hydrogens (tertiary/aromatic N) is 1. The van der Waals surface area contributed by atoms with Crippen molar-refractivity contribution in [2.24, 2.45) is 0 Å². The minimum atomic E-state index is -4.41. The number of aryl methyl sites for hydroxylation is 1. The zero-order valence-corrected chi connectivity index (χ0v) is 17.4. The van der Waals surface area contributed by atoms with E-state index in [2.05, 4.69) is 21.8 Å². The highest BCUT2D eigenvalue weighted by atomic mass is 35.5. The largest absolute Gasteiger partial charge is 0.426 e. The molecule has 0 aliphatic carbocycles. The van der Waals surface area contributed by atoms with Crippen LogP contribution in [0.1, 0.15) is 16.7 Å². The Hall–Kier alpha value is -3.07. The van der Waals surface area contributed by atoms with Gasteiger partial charge in [0.2, 0.25) is 0 Å². The van der Waals surface area contributed by atoms with E-state index < -0.39 is 7.60 Å². The van der Waals surface area contributed by atoms with Crippen molar-refractivity contribution in [3.63, 3.8) is 0 Å². The molecule has 1 heterocycles. The molecule has 0 aliphatic rings.